The zero-order valence-corrected chi connectivity index (χ0v) is 9.82. The van der Waals surface area contributed by atoms with E-state index in [2.05, 4.69) is 35.6 Å². The van der Waals surface area contributed by atoms with Crippen LogP contribution < -0.4 is 5.32 Å². The Morgan fingerprint density at radius 1 is 1.25 bits per heavy atom. The molecule has 0 bridgehead atoms. The summed E-state index contributed by atoms with van der Waals surface area (Å²) in [6, 6.07) is 10.7. The van der Waals surface area contributed by atoms with Gasteiger partial charge in [-0.15, -0.1) is 0 Å². The first-order valence-electron chi connectivity index (χ1n) is 6.27. The summed E-state index contributed by atoms with van der Waals surface area (Å²) < 4.78 is 5.34. The highest BCUT2D eigenvalue weighted by molar-refractivity contribution is 5.14. The van der Waals surface area contributed by atoms with Crippen LogP contribution in [0.4, 0.5) is 0 Å². The monoisotopic (exact) mass is 219 g/mol. The van der Waals surface area contributed by atoms with Crippen molar-refractivity contribution in [2.45, 2.75) is 19.3 Å². The quantitative estimate of drug-likeness (QED) is 0.741. The maximum atomic E-state index is 5.34. The summed E-state index contributed by atoms with van der Waals surface area (Å²) in [5.41, 5.74) is 1.44. The Labute approximate surface area is 98.0 Å². The second-order valence-electron chi connectivity index (χ2n) is 4.52. The predicted octanol–water partition coefficient (Wildman–Crippen LogP) is 2.25. The minimum absolute atomic E-state index is 0.747. The number of rotatable bonds is 6. The fraction of sp³-hybridized carbons (Fsp3) is 0.571. The summed E-state index contributed by atoms with van der Waals surface area (Å²) in [5, 5.41) is 3.52. The maximum Gasteiger partial charge on any atom is 0.0507 e. The van der Waals surface area contributed by atoms with Crippen LogP contribution in [0.2, 0.25) is 0 Å². The van der Waals surface area contributed by atoms with Gasteiger partial charge < -0.3 is 10.1 Å². The maximum absolute atomic E-state index is 5.34. The van der Waals surface area contributed by atoms with Gasteiger partial charge in [0.2, 0.25) is 0 Å². The normalized spacial score (nSPS) is 20.1. The summed E-state index contributed by atoms with van der Waals surface area (Å²) >= 11 is 0. The highest BCUT2D eigenvalue weighted by Crippen LogP contribution is 2.10. The van der Waals surface area contributed by atoms with Gasteiger partial charge in [0, 0.05) is 13.2 Å². The van der Waals surface area contributed by atoms with Crippen LogP contribution in [0.3, 0.4) is 0 Å². The molecule has 0 aromatic heterocycles. The molecule has 1 aliphatic heterocycles. The number of hydrogen-bond acceptors (Lipinski definition) is 2. The van der Waals surface area contributed by atoms with Crippen LogP contribution in [-0.4, -0.2) is 26.3 Å². The summed E-state index contributed by atoms with van der Waals surface area (Å²) in [7, 11) is 0. The SMILES string of the molecule is c1ccc(CCCNCC2CCOC2)cc1. The van der Waals surface area contributed by atoms with Gasteiger partial charge in [-0.1, -0.05) is 30.3 Å². The fourth-order valence-electron chi connectivity index (χ4n) is 2.11. The van der Waals surface area contributed by atoms with Gasteiger partial charge in [-0.05, 0) is 37.3 Å². The van der Waals surface area contributed by atoms with E-state index in [9.17, 15) is 0 Å². The van der Waals surface area contributed by atoms with E-state index in [1.165, 1.54) is 24.8 Å². The number of ether oxygens (including phenoxy) is 1. The Balaban J connectivity index is 1.52. The Bertz CT molecular complexity index is 280. The van der Waals surface area contributed by atoms with Crippen molar-refractivity contribution in [2.75, 3.05) is 26.3 Å². The van der Waals surface area contributed by atoms with Crippen molar-refractivity contribution < 1.29 is 4.74 Å². The third kappa shape index (κ3) is 3.95. The fourth-order valence-corrected chi connectivity index (χ4v) is 2.11. The van der Waals surface area contributed by atoms with E-state index in [-0.39, 0.29) is 0 Å². The van der Waals surface area contributed by atoms with Gasteiger partial charge >= 0.3 is 0 Å². The second kappa shape index (κ2) is 6.66. The van der Waals surface area contributed by atoms with E-state index >= 15 is 0 Å². The Morgan fingerprint density at radius 2 is 2.12 bits per heavy atom. The molecule has 1 aromatic carbocycles. The van der Waals surface area contributed by atoms with Gasteiger partial charge in [-0.3, -0.25) is 0 Å². The van der Waals surface area contributed by atoms with E-state index in [1.807, 2.05) is 0 Å². The summed E-state index contributed by atoms with van der Waals surface area (Å²) in [6.45, 7) is 4.14. The summed E-state index contributed by atoms with van der Waals surface area (Å²) in [5.74, 6) is 0.747. The van der Waals surface area contributed by atoms with E-state index in [4.69, 9.17) is 4.74 Å². The molecule has 2 nitrogen and oxygen atoms in total. The largest absolute Gasteiger partial charge is 0.381 e. The number of nitrogens with one attached hydrogen (secondary N) is 1. The molecule has 1 fully saturated rings. The Kier molecular flexibility index (Phi) is 4.84. The topological polar surface area (TPSA) is 21.3 Å². The molecule has 1 saturated heterocycles. The van der Waals surface area contributed by atoms with Gasteiger partial charge in [0.05, 0.1) is 6.61 Å². The van der Waals surface area contributed by atoms with Crippen LogP contribution in [0, 0.1) is 5.92 Å². The minimum Gasteiger partial charge on any atom is -0.381 e. The molecule has 0 radical (unpaired) electrons. The molecule has 2 rings (SSSR count). The lowest BCUT2D eigenvalue weighted by molar-refractivity contribution is 0.185. The molecule has 0 aliphatic carbocycles. The molecular formula is C14H21NO. The lowest BCUT2D eigenvalue weighted by Gasteiger charge is -2.09. The first-order valence-corrected chi connectivity index (χ1v) is 6.27. The lowest BCUT2D eigenvalue weighted by atomic mass is 10.1. The van der Waals surface area contributed by atoms with Crippen molar-refractivity contribution in [3.63, 3.8) is 0 Å². The van der Waals surface area contributed by atoms with E-state index < -0.39 is 0 Å². The molecule has 0 saturated carbocycles. The molecule has 1 heterocycles. The van der Waals surface area contributed by atoms with Crippen LogP contribution in [-0.2, 0) is 11.2 Å². The second-order valence-corrected chi connectivity index (χ2v) is 4.52. The highest BCUT2D eigenvalue weighted by Gasteiger charge is 2.14. The summed E-state index contributed by atoms with van der Waals surface area (Å²) in [6.07, 6.45) is 3.62. The molecule has 1 atom stereocenters. The van der Waals surface area contributed by atoms with Gasteiger partial charge in [0.25, 0.3) is 0 Å². The number of hydrogen-bond donors (Lipinski definition) is 1. The number of aryl methyl sites for hydroxylation is 1. The Morgan fingerprint density at radius 3 is 2.88 bits per heavy atom. The van der Waals surface area contributed by atoms with E-state index in [0.717, 1.165) is 32.2 Å². The molecular weight excluding hydrogens is 198 g/mol. The molecule has 1 aromatic rings. The Hall–Kier alpha value is -0.860. The molecule has 1 unspecified atom stereocenters. The van der Waals surface area contributed by atoms with Crippen molar-refractivity contribution in [1.29, 1.82) is 0 Å². The zero-order chi connectivity index (χ0) is 11.1. The third-order valence-corrected chi connectivity index (χ3v) is 3.12. The van der Waals surface area contributed by atoms with Crippen LogP contribution in [0.15, 0.2) is 30.3 Å². The van der Waals surface area contributed by atoms with Gasteiger partial charge in [-0.2, -0.15) is 0 Å². The van der Waals surface area contributed by atoms with Crippen LogP contribution in [0.25, 0.3) is 0 Å². The molecule has 1 aliphatic rings. The van der Waals surface area contributed by atoms with E-state index in [1.54, 1.807) is 0 Å². The first-order chi connectivity index (χ1) is 7.95. The van der Waals surface area contributed by atoms with Crippen LogP contribution >= 0.6 is 0 Å². The molecule has 1 N–H and O–H groups in total. The molecule has 88 valence electrons. The third-order valence-electron chi connectivity index (χ3n) is 3.12. The van der Waals surface area contributed by atoms with Gasteiger partial charge in [0.15, 0.2) is 0 Å². The lowest BCUT2D eigenvalue weighted by Crippen LogP contribution is -2.24. The average Bonchev–Trinajstić information content (AvgIpc) is 2.83. The van der Waals surface area contributed by atoms with Crippen molar-refractivity contribution >= 4 is 0 Å². The minimum atomic E-state index is 0.747. The highest BCUT2D eigenvalue weighted by atomic mass is 16.5. The average molecular weight is 219 g/mol. The zero-order valence-electron chi connectivity index (χ0n) is 9.82. The van der Waals surface area contributed by atoms with Crippen molar-refractivity contribution in [3.05, 3.63) is 35.9 Å². The molecule has 0 amide bonds. The molecule has 0 spiro atoms. The smallest absolute Gasteiger partial charge is 0.0507 e. The summed E-state index contributed by atoms with van der Waals surface area (Å²) in [4.78, 5) is 0. The standard InChI is InChI=1S/C14H21NO/c1-2-5-13(6-3-1)7-4-9-15-11-14-8-10-16-12-14/h1-3,5-6,14-15H,4,7-12H2. The van der Waals surface area contributed by atoms with Crippen molar-refractivity contribution in [3.8, 4) is 0 Å². The van der Waals surface area contributed by atoms with Crippen LogP contribution in [0.1, 0.15) is 18.4 Å². The molecule has 2 heteroatoms. The van der Waals surface area contributed by atoms with Crippen LogP contribution in [0.5, 0.6) is 0 Å². The first kappa shape index (κ1) is 11.6. The van der Waals surface area contributed by atoms with Crippen molar-refractivity contribution in [2.24, 2.45) is 5.92 Å². The molecule has 16 heavy (non-hydrogen) atoms. The van der Waals surface area contributed by atoms with Crippen molar-refractivity contribution in [1.82, 2.24) is 5.32 Å². The van der Waals surface area contributed by atoms with Gasteiger partial charge in [0.1, 0.15) is 0 Å². The van der Waals surface area contributed by atoms with Gasteiger partial charge in [-0.25, -0.2) is 0 Å². The predicted molar refractivity (Wildman–Crippen MR) is 66.6 cm³/mol. The van der Waals surface area contributed by atoms with E-state index in [0.29, 0.717) is 0 Å². The number of benzene rings is 1.